The molecule has 0 fully saturated rings. The first kappa shape index (κ1) is 8.54. The fourth-order valence-corrected chi connectivity index (χ4v) is 0.222. The van der Waals surface area contributed by atoms with E-state index in [9.17, 15) is 4.79 Å². The molecule has 0 radical (unpaired) electrons. The molecule has 8 heavy (non-hydrogen) atoms. The zero-order chi connectivity index (χ0) is 6.78. The van der Waals surface area contributed by atoms with Crippen molar-refractivity contribution < 1.29 is 4.79 Å². The number of aldehydes is 1. The number of alkyl halides is 3. The molecule has 1 nitrogen and oxygen atoms in total. The minimum atomic E-state index is -1.15. The fourth-order valence-electron chi connectivity index (χ4n) is 0.119. The molecule has 4 heteroatoms. The number of halogens is 3. The van der Waals surface area contributed by atoms with Crippen LogP contribution in [0.15, 0.2) is 0 Å². The monoisotopic (exact) mass is 174 g/mol. The van der Waals surface area contributed by atoms with Gasteiger partial charge in [-0.05, 0) is 6.92 Å². The van der Waals surface area contributed by atoms with Crippen LogP contribution < -0.4 is 0 Å². The second kappa shape index (κ2) is 2.90. The van der Waals surface area contributed by atoms with Crippen LogP contribution in [0.1, 0.15) is 6.92 Å². The number of hydrogen-bond acceptors (Lipinski definition) is 1. The largest absolute Gasteiger partial charge is 0.302 e. The molecule has 0 aromatic rings. The maximum Gasteiger partial charge on any atom is 0.140 e. The van der Waals surface area contributed by atoms with Crippen molar-refractivity contribution in [1.82, 2.24) is 0 Å². The van der Waals surface area contributed by atoms with Crippen LogP contribution in [-0.2, 0) is 4.79 Å². The van der Waals surface area contributed by atoms with Crippen molar-refractivity contribution >= 4 is 41.1 Å². The lowest BCUT2D eigenvalue weighted by Gasteiger charge is -2.12. The summed E-state index contributed by atoms with van der Waals surface area (Å²) in [4.78, 5) is 9.85. The van der Waals surface area contributed by atoms with Crippen molar-refractivity contribution in [3.8, 4) is 0 Å². The number of hydrogen-bond donors (Lipinski definition) is 0. The van der Waals surface area contributed by atoms with Crippen molar-refractivity contribution in [1.29, 1.82) is 0 Å². The van der Waals surface area contributed by atoms with Crippen molar-refractivity contribution in [2.24, 2.45) is 0 Å². The summed E-state index contributed by atoms with van der Waals surface area (Å²) < 4.78 is -1.15. The summed E-state index contributed by atoms with van der Waals surface area (Å²) in [6.07, 6.45) is 0.502. The standard InChI is InChI=1S/C4H5Cl3O/c1-4(6,7)3(5)2-8/h2-3H,1H3. The van der Waals surface area contributed by atoms with Crippen molar-refractivity contribution in [2.45, 2.75) is 16.6 Å². The molecule has 0 bridgehead atoms. The van der Waals surface area contributed by atoms with E-state index in [1.54, 1.807) is 0 Å². The average Bonchev–Trinajstić information content (AvgIpc) is 1.62. The van der Waals surface area contributed by atoms with Crippen LogP contribution in [0.25, 0.3) is 0 Å². The van der Waals surface area contributed by atoms with Crippen LogP contribution in [0.3, 0.4) is 0 Å². The predicted molar refractivity (Wildman–Crippen MR) is 35.8 cm³/mol. The lowest BCUT2D eigenvalue weighted by atomic mass is 10.3. The Morgan fingerprint density at radius 2 is 2.00 bits per heavy atom. The maximum absolute atomic E-state index is 9.85. The normalized spacial score (nSPS) is 15.5. The molecule has 0 amide bonds. The molecule has 0 aliphatic rings. The molecule has 0 saturated heterocycles. The van der Waals surface area contributed by atoms with Gasteiger partial charge in [-0.15, -0.1) is 11.6 Å². The van der Waals surface area contributed by atoms with Crippen LogP contribution in [0.2, 0.25) is 0 Å². The Balaban J connectivity index is 3.80. The van der Waals surface area contributed by atoms with E-state index >= 15 is 0 Å². The van der Waals surface area contributed by atoms with E-state index in [0.29, 0.717) is 6.29 Å². The molecule has 0 aromatic heterocycles. The van der Waals surface area contributed by atoms with Gasteiger partial charge >= 0.3 is 0 Å². The van der Waals surface area contributed by atoms with E-state index in [1.165, 1.54) is 6.92 Å². The molecular formula is C4H5Cl3O. The Labute approximate surface area is 62.9 Å². The fraction of sp³-hybridized carbons (Fsp3) is 0.750. The van der Waals surface area contributed by atoms with Gasteiger partial charge in [-0.25, -0.2) is 0 Å². The Morgan fingerprint density at radius 3 is 2.00 bits per heavy atom. The first-order valence-electron chi connectivity index (χ1n) is 1.95. The van der Waals surface area contributed by atoms with E-state index in [-0.39, 0.29) is 0 Å². The summed E-state index contributed by atoms with van der Waals surface area (Å²) in [5.41, 5.74) is 0. The van der Waals surface area contributed by atoms with Crippen molar-refractivity contribution in [3.63, 3.8) is 0 Å². The second-order valence-electron chi connectivity index (χ2n) is 1.49. The molecule has 48 valence electrons. The molecular weight excluding hydrogens is 170 g/mol. The maximum atomic E-state index is 9.85. The third-order valence-corrected chi connectivity index (χ3v) is 1.84. The second-order valence-corrected chi connectivity index (χ2v) is 3.73. The first-order chi connectivity index (χ1) is 3.48. The SMILES string of the molecule is CC(Cl)(Cl)C(Cl)C=O. The molecule has 1 unspecified atom stereocenters. The Morgan fingerprint density at radius 1 is 1.62 bits per heavy atom. The zero-order valence-electron chi connectivity index (χ0n) is 4.20. The predicted octanol–water partition coefficient (Wildman–Crippen LogP) is 1.99. The molecule has 1 atom stereocenters. The third kappa shape index (κ3) is 2.75. The van der Waals surface area contributed by atoms with Gasteiger partial charge in [0.15, 0.2) is 0 Å². The highest BCUT2D eigenvalue weighted by atomic mass is 35.5. The Hall–Kier alpha value is 0.540. The molecule has 0 heterocycles. The quantitative estimate of drug-likeness (QED) is 0.463. The topological polar surface area (TPSA) is 17.1 Å². The van der Waals surface area contributed by atoms with Gasteiger partial charge < -0.3 is 4.79 Å². The van der Waals surface area contributed by atoms with Gasteiger partial charge in [0, 0.05) is 0 Å². The molecule has 0 aliphatic carbocycles. The zero-order valence-corrected chi connectivity index (χ0v) is 6.46. The van der Waals surface area contributed by atoms with E-state index in [1.807, 2.05) is 0 Å². The first-order valence-corrected chi connectivity index (χ1v) is 3.15. The highest BCUT2D eigenvalue weighted by Crippen LogP contribution is 2.26. The van der Waals surface area contributed by atoms with Gasteiger partial charge in [0.25, 0.3) is 0 Å². The minimum absolute atomic E-state index is 0.502. The van der Waals surface area contributed by atoms with Gasteiger partial charge in [0.05, 0.1) is 0 Å². The van der Waals surface area contributed by atoms with Crippen molar-refractivity contribution in [3.05, 3.63) is 0 Å². The number of rotatable bonds is 2. The third-order valence-electron chi connectivity index (χ3n) is 0.604. The molecule has 0 saturated carbocycles. The van der Waals surface area contributed by atoms with E-state index in [0.717, 1.165) is 0 Å². The average molecular weight is 175 g/mol. The minimum Gasteiger partial charge on any atom is -0.302 e. The van der Waals surface area contributed by atoms with Crippen LogP contribution in [0, 0.1) is 0 Å². The van der Waals surface area contributed by atoms with Gasteiger partial charge in [-0.3, -0.25) is 0 Å². The van der Waals surface area contributed by atoms with Gasteiger partial charge in [0.2, 0.25) is 0 Å². The van der Waals surface area contributed by atoms with E-state index < -0.39 is 9.71 Å². The molecule has 0 N–H and O–H groups in total. The van der Waals surface area contributed by atoms with Gasteiger partial charge in [0.1, 0.15) is 16.0 Å². The Kier molecular flexibility index (Phi) is 3.10. The summed E-state index contributed by atoms with van der Waals surface area (Å²) >= 11 is 16.1. The summed E-state index contributed by atoms with van der Waals surface area (Å²) in [6, 6.07) is 0. The van der Waals surface area contributed by atoms with Crippen LogP contribution >= 0.6 is 34.8 Å². The molecule has 0 spiro atoms. The molecule has 0 aliphatic heterocycles. The van der Waals surface area contributed by atoms with E-state index in [4.69, 9.17) is 34.8 Å². The van der Waals surface area contributed by atoms with Gasteiger partial charge in [-0.2, -0.15) is 0 Å². The van der Waals surface area contributed by atoms with E-state index in [2.05, 4.69) is 0 Å². The molecule has 0 aromatic carbocycles. The Bertz CT molecular complexity index is 85.8. The van der Waals surface area contributed by atoms with Crippen molar-refractivity contribution in [2.75, 3.05) is 0 Å². The number of carbonyl (C=O) groups is 1. The van der Waals surface area contributed by atoms with Crippen LogP contribution in [-0.4, -0.2) is 16.0 Å². The lowest BCUT2D eigenvalue weighted by Crippen LogP contribution is -2.23. The van der Waals surface area contributed by atoms with Gasteiger partial charge in [-0.1, -0.05) is 23.2 Å². The summed E-state index contributed by atoms with van der Waals surface area (Å²) in [7, 11) is 0. The van der Waals surface area contributed by atoms with Crippen LogP contribution in [0.5, 0.6) is 0 Å². The molecule has 0 rings (SSSR count). The number of carbonyl (C=O) groups excluding carboxylic acids is 1. The summed E-state index contributed by atoms with van der Waals surface area (Å²) in [5, 5.41) is -0.828. The smallest absolute Gasteiger partial charge is 0.140 e. The lowest BCUT2D eigenvalue weighted by molar-refractivity contribution is -0.107. The summed E-state index contributed by atoms with van der Waals surface area (Å²) in [5.74, 6) is 0. The summed E-state index contributed by atoms with van der Waals surface area (Å²) in [6.45, 7) is 1.46. The van der Waals surface area contributed by atoms with Crippen LogP contribution in [0.4, 0.5) is 0 Å². The highest BCUT2D eigenvalue weighted by molar-refractivity contribution is 6.54. The highest BCUT2D eigenvalue weighted by Gasteiger charge is 2.26.